The normalized spacial score (nSPS) is 18.1. The number of benzene rings is 1. The molecule has 1 aliphatic rings. The first-order valence-corrected chi connectivity index (χ1v) is 7.43. The fraction of sp³-hybridized carbons (Fsp3) is 0.471. The minimum absolute atomic E-state index is 0.0822. The molecule has 1 saturated carbocycles. The van der Waals surface area contributed by atoms with Gasteiger partial charge < -0.3 is 10.1 Å². The summed E-state index contributed by atoms with van der Waals surface area (Å²) in [6, 6.07) is 5.86. The molecule has 1 N–H and O–H groups in total. The van der Waals surface area contributed by atoms with Crippen LogP contribution in [-0.2, 0) is 9.53 Å². The van der Waals surface area contributed by atoms with E-state index in [2.05, 4.69) is 5.32 Å². The maximum atomic E-state index is 12.1. The quantitative estimate of drug-likeness (QED) is 0.871. The molecular formula is C17H21NO4. The predicted molar refractivity (Wildman–Crippen MR) is 81.7 cm³/mol. The highest BCUT2D eigenvalue weighted by atomic mass is 16.6. The lowest BCUT2D eigenvalue weighted by atomic mass is 10.1. The lowest BCUT2D eigenvalue weighted by Crippen LogP contribution is -2.37. The molecule has 118 valence electrons. The van der Waals surface area contributed by atoms with Crippen LogP contribution in [0.5, 0.6) is 0 Å². The van der Waals surface area contributed by atoms with Crippen LogP contribution in [0, 0.1) is 0 Å². The van der Waals surface area contributed by atoms with Crippen molar-refractivity contribution in [2.75, 3.05) is 0 Å². The Kier molecular flexibility index (Phi) is 4.64. The molecule has 22 heavy (non-hydrogen) atoms. The van der Waals surface area contributed by atoms with Crippen molar-refractivity contribution < 1.29 is 19.1 Å². The molecule has 0 heterocycles. The standard InChI is InChI=1S/C17H21NO4/c1-17(2,3)22-16(21)12-9-7-11(8-10-12)15(20)18-13-5-4-6-14(13)19/h7-10,13H,4-6H2,1-3H3,(H,18,20). The van der Waals surface area contributed by atoms with Crippen LogP contribution in [0.1, 0.15) is 60.7 Å². The zero-order chi connectivity index (χ0) is 16.3. The molecule has 1 aromatic carbocycles. The molecule has 1 aromatic rings. The first-order valence-electron chi connectivity index (χ1n) is 7.43. The average molecular weight is 303 g/mol. The Morgan fingerprint density at radius 1 is 1.14 bits per heavy atom. The zero-order valence-electron chi connectivity index (χ0n) is 13.1. The van der Waals surface area contributed by atoms with Gasteiger partial charge in [-0.1, -0.05) is 0 Å². The second-order valence-corrected chi connectivity index (χ2v) is 6.46. The first-order chi connectivity index (χ1) is 10.3. The number of carbonyl (C=O) groups is 3. The molecule has 1 aliphatic carbocycles. The first kappa shape index (κ1) is 16.2. The van der Waals surface area contributed by atoms with Gasteiger partial charge in [-0.25, -0.2) is 4.79 Å². The van der Waals surface area contributed by atoms with Crippen molar-refractivity contribution in [3.05, 3.63) is 35.4 Å². The van der Waals surface area contributed by atoms with Crippen LogP contribution in [0.15, 0.2) is 24.3 Å². The maximum Gasteiger partial charge on any atom is 0.338 e. The van der Waals surface area contributed by atoms with E-state index < -0.39 is 11.6 Å². The van der Waals surface area contributed by atoms with Crippen LogP contribution >= 0.6 is 0 Å². The van der Waals surface area contributed by atoms with Crippen molar-refractivity contribution in [2.45, 2.75) is 51.7 Å². The molecule has 2 rings (SSSR count). The molecule has 1 unspecified atom stereocenters. The number of hydrogen-bond donors (Lipinski definition) is 1. The van der Waals surface area contributed by atoms with E-state index in [1.807, 2.05) is 0 Å². The molecule has 0 spiro atoms. The number of amides is 1. The Morgan fingerprint density at radius 3 is 2.23 bits per heavy atom. The molecule has 0 radical (unpaired) electrons. The number of nitrogens with one attached hydrogen (secondary N) is 1. The SMILES string of the molecule is CC(C)(C)OC(=O)c1ccc(C(=O)NC2CCCC2=O)cc1. The van der Waals surface area contributed by atoms with Gasteiger partial charge in [-0.15, -0.1) is 0 Å². The van der Waals surface area contributed by atoms with Crippen LogP contribution in [0.25, 0.3) is 0 Å². The van der Waals surface area contributed by atoms with Crippen LogP contribution in [0.2, 0.25) is 0 Å². The number of Topliss-reactive ketones (excluding diaryl/α,β-unsaturated/α-hetero) is 1. The van der Waals surface area contributed by atoms with Crippen LogP contribution in [0.4, 0.5) is 0 Å². The second-order valence-electron chi connectivity index (χ2n) is 6.46. The van der Waals surface area contributed by atoms with Crippen molar-refractivity contribution >= 4 is 17.7 Å². The Bertz CT molecular complexity index is 584. The van der Waals surface area contributed by atoms with Crippen molar-refractivity contribution in [1.82, 2.24) is 5.32 Å². The van der Waals surface area contributed by atoms with Crippen LogP contribution in [0.3, 0.4) is 0 Å². The van der Waals surface area contributed by atoms with Gasteiger partial charge in [0.15, 0.2) is 5.78 Å². The molecule has 5 heteroatoms. The van der Waals surface area contributed by atoms with Gasteiger partial charge in [0.25, 0.3) is 5.91 Å². The third-order valence-corrected chi connectivity index (χ3v) is 3.39. The van der Waals surface area contributed by atoms with E-state index in [1.54, 1.807) is 45.0 Å². The predicted octanol–water partition coefficient (Wildman–Crippen LogP) is 2.49. The van der Waals surface area contributed by atoms with Crippen LogP contribution in [-0.4, -0.2) is 29.3 Å². The van der Waals surface area contributed by atoms with Gasteiger partial charge in [0, 0.05) is 12.0 Å². The molecule has 1 amide bonds. The fourth-order valence-corrected chi connectivity index (χ4v) is 2.30. The van der Waals surface area contributed by atoms with Gasteiger partial charge >= 0.3 is 5.97 Å². The molecule has 5 nitrogen and oxygen atoms in total. The van der Waals surface area contributed by atoms with Gasteiger partial charge in [-0.3, -0.25) is 9.59 Å². The summed E-state index contributed by atoms with van der Waals surface area (Å²) in [5, 5.41) is 2.73. The van der Waals surface area contributed by atoms with E-state index in [-0.39, 0.29) is 17.7 Å². The largest absolute Gasteiger partial charge is 0.456 e. The Balaban J connectivity index is 2.00. The Morgan fingerprint density at radius 2 is 1.73 bits per heavy atom. The number of ketones is 1. The Labute approximate surface area is 130 Å². The third kappa shape index (κ3) is 4.16. The molecule has 0 aromatic heterocycles. The summed E-state index contributed by atoms with van der Waals surface area (Å²) in [5.74, 6) is -0.639. The molecule has 0 aliphatic heterocycles. The zero-order valence-corrected chi connectivity index (χ0v) is 13.1. The molecule has 0 saturated heterocycles. The van der Waals surface area contributed by atoms with E-state index in [1.165, 1.54) is 0 Å². The maximum absolute atomic E-state index is 12.1. The van der Waals surface area contributed by atoms with Crippen molar-refractivity contribution in [3.63, 3.8) is 0 Å². The average Bonchev–Trinajstić information content (AvgIpc) is 2.82. The van der Waals surface area contributed by atoms with E-state index >= 15 is 0 Å². The number of ether oxygens (including phenoxy) is 1. The lowest BCUT2D eigenvalue weighted by molar-refractivity contribution is -0.118. The van der Waals surface area contributed by atoms with Gasteiger partial charge in [0.05, 0.1) is 11.6 Å². The smallest absolute Gasteiger partial charge is 0.338 e. The second kappa shape index (κ2) is 6.30. The third-order valence-electron chi connectivity index (χ3n) is 3.39. The van der Waals surface area contributed by atoms with Crippen molar-refractivity contribution in [1.29, 1.82) is 0 Å². The van der Waals surface area contributed by atoms with Gasteiger partial charge in [-0.05, 0) is 57.9 Å². The van der Waals surface area contributed by atoms with E-state index in [4.69, 9.17) is 4.74 Å². The number of rotatable bonds is 3. The van der Waals surface area contributed by atoms with E-state index in [9.17, 15) is 14.4 Å². The van der Waals surface area contributed by atoms with Crippen molar-refractivity contribution in [2.24, 2.45) is 0 Å². The molecule has 0 bridgehead atoms. The Hall–Kier alpha value is -2.17. The summed E-state index contributed by atoms with van der Waals surface area (Å²) >= 11 is 0. The van der Waals surface area contributed by atoms with Gasteiger partial charge in [0.1, 0.15) is 5.60 Å². The molecule has 1 fully saturated rings. The van der Waals surface area contributed by atoms with Crippen molar-refractivity contribution in [3.8, 4) is 0 Å². The monoisotopic (exact) mass is 303 g/mol. The summed E-state index contributed by atoms with van der Waals surface area (Å²) in [6.07, 6.45) is 2.05. The van der Waals surface area contributed by atoms with Crippen LogP contribution < -0.4 is 5.32 Å². The number of esters is 1. The number of hydrogen-bond acceptors (Lipinski definition) is 4. The van der Waals surface area contributed by atoms with Gasteiger partial charge in [-0.2, -0.15) is 0 Å². The summed E-state index contributed by atoms with van der Waals surface area (Å²) in [5.41, 5.74) is 0.256. The minimum Gasteiger partial charge on any atom is -0.456 e. The summed E-state index contributed by atoms with van der Waals surface area (Å²) in [4.78, 5) is 35.5. The molecule has 1 atom stereocenters. The topological polar surface area (TPSA) is 72.5 Å². The molecular weight excluding hydrogens is 282 g/mol. The highest BCUT2D eigenvalue weighted by molar-refractivity contribution is 5.99. The van der Waals surface area contributed by atoms with E-state index in [0.29, 0.717) is 24.0 Å². The summed E-state index contributed by atoms with van der Waals surface area (Å²) in [7, 11) is 0. The minimum atomic E-state index is -0.560. The summed E-state index contributed by atoms with van der Waals surface area (Å²) < 4.78 is 5.26. The highest BCUT2D eigenvalue weighted by Crippen LogP contribution is 2.16. The highest BCUT2D eigenvalue weighted by Gasteiger charge is 2.26. The van der Waals surface area contributed by atoms with E-state index in [0.717, 1.165) is 6.42 Å². The van der Waals surface area contributed by atoms with Gasteiger partial charge in [0.2, 0.25) is 0 Å². The lowest BCUT2D eigenvalue weighted by Gasteiger charge is -2.19. The number of carbonyl (C=O) groups excluding carboxylic acids is 3. The fourth-order valence-electron chi connectivity index (χ4n) is 2.30. The summed E-state index contributed by atoms with van der Waals surface area (Å²) in [6.45, 7) is 5.39.